The monoisotopic (exact) mass is 419 g/mol. The number of anilines is 1. The molecule has 1 amide bonds. The molecule has 3 heterocycles. The number of methoxy groups -OCH3 is 1. The van der Waals surface area contributed by atoms with Crippen LogP contribution in [0.1, 0.15) is 32.4 Å². The van der Waals surface area contributed by atoms with Crippen molar-refractivity contribution in [2.45, 2.75) is 32.7 Å². The highest BCUT2D eigenvalue weighted by Gasteiger charge is 2.21. The first-order valence-corrected chi connectivity index (χ1v) is 10.1. The third kappa shape index (κ3) is 5.96. The number of carbonyl (C=O) groups excluding carboxylic acids is 1. The smallest absolute Gasteiger partial charge is 0.257 e. The number of amides is 1. The highest BCUT2D eigenvalue weighted by Crippen LogP contribution is 2.24. The van der Waals surface area contributed by atoms with Gasteiger partial charge in [-0.1, -0.05) is 32.0 Å². The van der Waals surface area contributed by atoms with Gasteiger partial charge in [0, 0.05) is 25.1 Å². The summed E-state index contributed by atoms with van der Waals surface area (Å²) >= 11 is 1.53. The standard InChI is InChI=1S/C19H25N5O4S/c1-19(2,3)14-10-16(28-23-14)20-15(25)11-24(7-8-26-4)12-17-21-22-18(27-17)13-6-5-9-29-13/h5-6,9-10H,7-8,11-12H2,1-4H3,(H,20,25). The number of aromatic nitrogens is 3. The molecule has 0 fully saturated rings. The highest BCUT2D eigenvalue weighted by molar-refractivity contribution is 7.13. The van der Waals surface area contributed by atoms with Crippen LogP contribution in [0.15, 0.2) is 32.5 Å². The number of nitrogens with zero attached hydrogens (tertiary/aromatic N) is 4. The lowest BCUT2D eigenvalue weighted by molar-refractivity contribution is -0.117. The van der Waals surface area contributed by atoms with Crippen LogP contribution >= 0.6 is 11.3 Å². The van der Waals surface area contributed by atoms with Gasteiger partial charge in [0.15, 0.2) is 0 Å². The normalized spacial score (nSPS) is 11.9. The Labute approximate surface area is 173 Å². The predicted molar refractivity (Wildman–Crippen MR) is 109 cm³/mol. The molecule has 0 aliphatic carbocycles. The molecule has 0 saturated carbocycles. The van der Waals surface area contributed by atoms with E-state index in [1.165, 1.54) is 11.3 Å². The second-order valence-electron chi connectivity index (χ2n) is 7.56. The minimum atomic E-state index is -0.226. The Balaban J connectivity index is 1.61. The highest BCUT2D eigenvalue weighted by atomic mass is 32.1. The van der Waals surface area contributed by atoms with Crippen LogP contribution in [0.4, 0.5) is 5.88 Å². The van der Waals surface area contributed by atoms with Crippen molar-refractivity contribution in [1.82, 2.24) is 20.3 Å². The minimum Gasteiger partial charge on any atom is -0.419 e. The van der Waals surface area contributed by atoms with Gasteiger partial charge in [0.2, 0.25) is 17.7 Å². The summed E-state index contributed by atoms with van der Waals surface area (Å²) in [6, 6.07) is 5.58. The van der Waals surface area contributed by atoms with Crippen molar-refractivity contribution in [3.8, 4) is 10.8 Å². The Morgan fingerprint density at radius 2 is 2.17 bits per heavy atom. The summed E-state index contributed by atoms with van der Waals surface area (Å²) in [6.07, 6.45) is 0. The molecule has 29 heavy (non-hydrogen) atoms. The van der Waals surface area contributed by atoms with Crippen LogP contribution in [0.5, 0.6) is 0 Å². The van der Waals surface area contributed by atoms with E-state index in [1.807, 2.05) is 43.2 Å². The van der Waals surface area contributed by atoms with Gasteiger partial charge in [0.25, 0.3) is 5.89 Å². The molecule has 156 valence electrons. The summed E-state index contributed by atoms with van der Waals surface area (Å²) in [5.41, 5.74) is 0.617. The summed E-state index contributed by atoms with van der Waals surface area (Å²) < 4.78 is 16.1. The second-order valence-corrected chi connectivity index (χ2v) is 8.50. The van der Waals surface area contributed by atoms with E-state index in [-0.39, 0.29) is 17.9 Å². The molecule has 0 radical (unpaired) electrons. The molecule has 0 aliphatic heterocycles. The topological polar surface area (TPSA) is 107 Å². The third-order valence-electron chi connectivity index (χ3n) is 4.08. The molecule has 0 saturated heterocycles. The molecule has 1 N–H and O–H groups in total. The molecule has 3 aromatic heterocycles. The van der Waals surface area contributed by atoms with E-state index < -0.39 is 0 Å². The van der Waals surface area contributed by atoms with Crippen LogP contribution < -0.4 is 5.32 Å². The van der Waals surface area contributed by atoms with E-state index in [9.17, 15) is 4.79 Å². The van der Waals surface area contributed by atoms with E-state index >= 15 is 0 Å². The summed E-state index contributed by atoms with van der Waals surface area (Å²) in [5.74, 6) is 1.01. The van der Waals surface area contributed by atoms with E-state index in [1.54, 1.807) is 13.2 Å². The Bertz CT molecular complexity index is 913. The van der Waals surface area contributed by atoms with Crippen molar-refractivity contribution in [2.24, 2.45) is 0 Å². The molecule has 9 nitrogen and oxygen atoms in total. The fraction of sp³-hybridized carbons (Fsp3) is 0.474. The van der Waals surface area contributed by atoms with Gasteiger partial charge >= 0.3 is 0 Å². The number of ether oxygens (including phenoxy) is 1. The first-order valence-electron chi connectivity index (χ1n) is 9.20. The van der Waals surface area contributed by atoms with Gasteiger partial charge in [0.1, 0.15) is 0 Å². The van der Waals surface area contributed by atoms with Crippen molar-refractivity contribution in [3.05, 3.63) is 35.2 Å². The third-order valence-corrected chi connectivity index (χ3v) is 4.94. The van der Waals surface area contributed by atoms with Gasteiger partial charge in [-0.05, 0) is 11.4 Å². The maximum atomic E-state index is 12.5. The zero-order valence-corrected chi connectivity index (χ0v) is 17.8. The average molecular weight is 420 g/mol. The molecule has 0 aliphatic rings. The molecule has 0 unspecified atom stereocenters. The second kappa shape index (κ2) is 9.29. The minimum absolute atomic E-state index is 0.117. The van der Waals surface area contributed by atoms with Crippen molar-refractivity contribution >= 4 is 23.1 Å². The average Bonchev–Trinajstić information content (AvgIpc) is 3.39. The summed E-state index contributed by atoms with van der Waals surface area (Å²) in [6.45, 7) is 7.53. The van der Waals surface area contributed by atoms with Crippen LogP contribution in [-0.4, -0.2) is 53.0 Å². The van der Waals surface area contributed by atoms with Gasteiger partial charge in [-0.2, -0.15) is 0 Å². The maximum absolute atomic E-state index is 12.5. The molecule has 0 atom stereocenters. The van der Waals surface area contributed by atoms with Gasteiger partial charge in [0.05, 0.1) is 30.3 Å². The van der Waals surface area contributed by atoms with E-state index in [2.05, 4.69) is 20.7 Å². The fourth-order valence-corrected chi connectivity index (χ4v) is 3.15. The van der Waals surface area contributed by atoms with Crippen molar-refractivity contribution in [2.75, 3.05) is 32.1 Å². The van der Waals surface area contributed by atoms with Crippen LogP contribution in [0.2, 0.25) is 0 Å². The molecule has 0 aromatic carbocycles. The van der Waals surface area contributed by atoms with E-state index in [4.69, 9.17) is 13.7 Å². The number of hydrogen-bond acceptors (Lipinski definition) is 9. The Morgan fingerprint density at radius 1 is 1.34 bits per heavy atom. The predicted octanol–water partition coefficient (Wildman–Crippen LogP) is 3.17. The number of rotatable bonds is 9. The van der Waals surface area contributed by atoms with Crippen molar-refractivity contribution in [1.29, 1.82) is 0 Å². The zero-order valence-electron chi connectivity index (χ0n) is 17.0. The first-order chi connectivity index (χ1) is 13.8. The zero-order chi connectivity index (χ0) is 20.9. The van der Waals surface area contributed by atoms with Crippen LogP contribution in [-0.2, 0) is 21.5 Å². The fourth-order valence-electron chi connectivity index (χ4n) is 2.51. The maximum Gasteiger partial charge on any atom is 0.257 e. The van der Waals surface area contributed by atoms with Gasteiger partial charge in [-0.15, -0.1) is 21.5 Å². The molecule has 3 rings (SSSR count). The molecule has 0 bridgehead atoms. The summed E-state index contributed by atoms with van der Waals surface area (Å²) in [4.78, 5) is 15.3. The van der Waals surface area contributed by atoms with Crippen molar-refractivity contribution in [3.63, 3.8) is 0 Å². The molecule has 0 spiro atoms. The lowest BCUT2D eigenvalue weighted by atomic mass is 9.92. The SMILES string of the molecule is COCCN(CC(=O)Nc1cc(C(C)(C)C)no1)Cc1nnc(-c2cccs2)o1. The number of thiophene rings is 1. The number of hydrogen-bond donors (Lipinski definition) is 1. The Kier molecular flexibility index (Phi) is 6.78. The first kappa shape index (κ1) is 21.2. The molecular weight excluding hydrogens is 394 g/mol. The summed E-state index contributed by atoms with van der Waals surface area (Å²) in [5, 5.41) is 16.9. The van der Waals surface area contributed by atoms with Gasteiger partial charge in [-0.3, -0.25) is 15.0 Å². The van der Waals surface area contributed by atoms with Crippen LogP contribution in [0.3, 0.4) is 0 Å². The van der Waals surface area contributed by atoms with Gasteiger partial charge in [-0.25, -0.2) is 0 Å². The Morgan fingerprint density at radius 3 is 2.83 bits per heavy atom. The lowest BCUT2D eigenvalue weighted by Crippen LogP contribution is -2.35. The van der Waals surface area contributed by atoms with Crippen LogP contribution in [0, 0.1) is 0 Å². The van der Waals surface area contributed by atoms with Crippen LogP contribution in [0.25, 0.3) is 10.8 Å². The molecule has 3 aromatic rings. The molecular formula is C19H25N5O4S. The number of nitrogens with one attached hydrogen (secondary N) is 1. The van der Waals surface area contributed by atoms with E-state index in [0.717, 1.165) is 10.6 Å². The van der Waals surface area contributed by atoms with E-state index in [0.29, 0.717) is 37.4 Å². The summed E-state index contributed by atoms with van der Waals surface area (Å²) in [7, 11) is 1.61. The largest absolute Gasteiger partial charge is 0.419 e. The molecule has 10 heteroatoms. The van der Waals surface area contributed by atoms with Gasteiger partial charge < -0.3 is 13.7 Å². The van der Waals surface area contributed by atoms with Crippen molar-refractivity contribution < 1.29 is 18.5 Å². The number of carbonyl (C=O) groups is 1. The lowest BCUT2D eigenvalue weighted by Gasteiger charge is -2.19. The quantitative estimate of drug-likeness (QED) is 0.564. The Hall–Kier alpha value is -2.56.